The quantitative estimate of drug-likeness (QED) is 0.208. The lowest BCUT2D eigenvalue weighted by molar-refractivity contribution is -0.141. The number of halogens is 6. The number of benzene rings is 1. The highest BCUT2D eigenvalue weighted by Gasteiger charge is 2.48. The Hall–Kier alpha value is -5.02. The first-order valence-electron chi connectivity index (χ1n) is 15.9. The van der Waals surface area contributed by atoms with Gasteiger partial charge in [0.1, 0.15) is 17.2 Å². The molecule has 3 N–H and O–H groups in total. The predicted octanol–water partition coefficient (Wildman–Crippen LogP) is 5.62. The van der Waals surface area contributed by atoms with E-state index < -0.39 is 47.3 Å². The second-order valence-electron chi connectivity index (χ2n) is 12.1. The standard InChI is InChI=1S/C33H33F6N7O5/c1-2-31(41)16-22(28-24(5-6-26(44-28)33(37,38)39)46(31)30(49)51-9-3-4-27(47)48)29-42-18-25(45-7-10-50-11-8-45)23(43-29)15-19-12-20(17-40)14-21(13-19)32(34,35)36/h5-6,12-14,18,22H,2-4,7-11,15-16,41H2,1H3,(H,47,48)/t22-,31+/m0/s1. The summed E-state index contributed by atoms with van der Waals surface area (Å²) in [5.74, 6) is -2.28. The summed E-state index contributed by atoms with van der Waals surface area (Å²) in [5.41, 5.74) is 3.15. The van der Waals surface area contributed by atoms with E-state index in [0.717, 1.165) is 23.1 Å². The van der Waals surface area contributed by atoms with Crippen molar-refractivity contribution in [3.8, 4) is 6.07 Å². The Kier molecular flexibility index (Phi) is 10.7. The Balaban J connectivity index is 1.63. The zero-order valence-corrected chi connectivity index (χ0v) is 27.2. The molecule has 51 heavy (non-hydrogen) atoms. The molecule has 0 spiro atoms. The maximum Gasteiger partial charge on any atom is 0.433 e. The Morgan fingerprint density at radius 2 is 1.82 bits per heavy atom. The topological polar surface area (TPSA) is 168 Å². The number of hydrogen-bond donors (Lipinski definition) is 2. The fourth-order valence-electron chi connectivity index (χ4n) is 6.10. The number of ether oxygens (including phenoxy) is 2. The Bertz CT molecular complexity index is 1830. The number of alkyl halides is 6. The van der Waals surface area contributed by atoms with Gasteiger partial charge in [0, 0.05) is 25.9 Å². The largest absolute Gasteiger partial charge is 0.481 e. The monoisotopic (exact) mass is 721 g/mol. The zero-order valence-electron chi connectivity index (χ0n) is 27.2. The number of fused-ring (bicyclic) bond motifs is 1. The van der Waals surface area contributed by atoms with Crippen LogP contribution < -0.4 is 15.5 Å². The van der Waals surface area contributed by atoms with Crippen LogP contribution in [-0.2, 0) is 33.0 Å². The Morgan fingerprint density at radius 3 is 2.45 bits per heavy atom. The minimum absolute atomic E-state index is 0.0206. The number of carbonyl (C=O) groups is 2. The van der Waals surface area contributed by atoms with Gasteiger partial charge in [-0.15, -0.1) is 0 Å². The number of nitriles is 1. The number of carbonyl (C=O) groups excluding carboxylic acids is 1. The second kappa shape index (κ2) is 14.7. The van der Waals surface area contributed by atoms with Crippen molar-refractivity contribution in [2.45, 2.75) is 63.0 Å². The first-order valence-corrected chi connectivity index (χ1v) is 15.9. The summed E-state index contributed by atoms with van der Waals surface area (Å²) in [6.45, 7) is 2.84. The molecule has 1 amide bonds. The number of nitrogens with two attached hydrogens (primary N) is 1. The summed E-state index contributed by atoms with van der Waals surface area (Å²) in [6, 6.07) is 6.41. The van der Waals surface area contributed by atoms with Crippen LogP contribution in [0.5, 0.6) is 0 Å². The number of carboxylic acids is 1. The van der Waals surface area contributed by atoms with Gasteiger partial charge in [-0.2, -0.15) is 31.6 Å². The van der Waals surface area contributed by atoms with E-state index in [0.29, 0.717) is 38.1 Å². The Morgan fingerprint density at radius 1 is 1.10 bits per heavy atom. The van der Waals surface area contributed by atoms with Gasteiger partial charge in [-0.25, -0.2) is 19.7 Å². The van der Waals surface area contributed by atoms with Gasteiger partial charge >= 0.3 is 24.4 Å². The molecule has 0 aliphatic carbocycles. The summed E-state index contributed by atoms with van der Waals surface area (Å²) < 4.78 is 93.9. The fourth-order valence-corrected chi connectivity index (χ4v) is 6.10. The molecule has 2 aromatic heterocycles. The van der Waals surface area contributed by atoms with Gasteiger partial charge in [0.05, 0.1) is 71.9 Å². The molecule has 2 aliphatic heterocycles. The van der Waals surface area contributed by atoms with E-state index in [4.69, 9.17) is 25.3 Å². The lowest BCUT2D eigenvalue weighted by Gasteiger charge is -2.46. The maximum atomic E-state index is 14.0. The van der Waals surface area contributed by atoms with Crippen LogP contribution in [0, 0.1) is 11.3 Å². The normalized spacial score (nSPS) is 19.3. The molecule has 0 saturated carbocycles. The van der Waals surface area contributed by atoms with E-state index in [1.165, 1.54) is 12.3 Å². The number of aromatic nitrogens is 3. The third kappa shape index (κ3) is 8.31. The van der Waals surface area contributed by atoms with Gasteiger partial charge in [-0.05, 0) is 55.2 Å². The van der Waals surface area contributed by atoms with E-state index >= 15 is 0 Å². The summed E-state index contributed by atoms with van der Waals surface area (Å²) in [6.07, 6.45) is -9.87. The van der Waals surface area contributed by atoms with Gasteiger partial charge in [-0.3, -0.25) is 9.69 Å². The van der Waals surface area contributed by atoms with Gasteiger partial charge < -0.3 is 25.2 Å². The maximum absolute atomic E-state index is 14.0. The van der Waals surface area contributed by atoms with Crippen LogP contribution in [0.3, 0.4) is 0 Å². The van der Waals surface area contributed by atoms with Crippen molar-refractivity contribution < 1.29 is 50.5 Å². The summed E-state index contributed by atoms with van der Waals surface area (Å²) in [5, 5.41) is 18.4. The van der Waals surface area contributed by atoms with E-state index in [9.17, 15) is 41.2 Å². The molecule has 1 saturated heterocycles. The number of anilines is 2. The molecule has 1 aromatic carbocycles. The van der Waals surface area contributed by atoms with Crippen LogP contribution >= 0.6 is 0 Å². The minimum atomic E-state index is -4.88. The SMILES string of the molecule is CC[C@]1(N)C[C@H](c2ncc(N3CCOCC3)c(Cc3cc(C#N)cc(C(F)(F)F)c3)n2)c2nc(C(F)(F)F)ccc2N1C(=O)OCCCC(=O)O. The molecule has 0 radical (unpaired) electrons. The lowest BCUT2D eigenvalue weighted by atomic mass is 9.83. The average molecular weight is 722 g/mol. The fraction of sp³-hybridized carbons (Fsp3) is 0.455. The molecule has 1 fully saturated rings. The first-order chi connectivity index (χ1) is 24.0. The number of hydrogen-bond acceptors (Lipinski definition) is 10. The van der Waals surface area contributed by atoms with Crippen molar-refractivity contribution in [1.29, 1.82) is 5.26 Å². The third-order valence-electron chi connectivity index (χ3n) is 8.67. The van der Waals surface area contributed by atoms with Crippen LogP contribution in [0.2, 0.25) is 0 Å². The van der Waals surface area contributed by atoms with E-state index in [1.54, 1.807) is 13.0 Å². The number of rotatable bonds is 9. The molecular weight excluding hydrogens is 688 g/mol. The van der Waals surface area contributed by atoms with Crippen LogP contribution in [-0.4, -0.2) is 70.7 Å². The molecule has 12 nitrogen and oxygen atoms in total. The number of morpholine rings is 1. The molecular formula is C33H33F6N7O5. The molecule has 3 aromatic rings. The highest BCUT2D eigenvalue weighted by Crippen LogP contribution is 2.46. The lowest BCUT2D eigenvalue weighted by Crippen LogP contribution is -2.62. The molecule has 2 atom stereocenters. The molecule has 0 unspecified atom stereocenters. The Labute approximate surface area is 287 Å². The second-order valence-corrected chi connectivity index (χ2v) is 12.1. The smallest absolute Gasteiger partial charge is 0.433 e. The van der Waals surface area contributed by atoms with Crippen molar-refractivity contribution >= 4 is 23.4 Å². The highest BCUT2D eigenvalue weighted by molar-refractivity contribution is 5.91. The van der Waals surface area contributed by atoms with Crippen molar-refractivity contribution in [2.75, 3.05) is 42.7 Å². The summed E-state index contributed by atoms with van der Waals surface area (Å²) >= 11 is 0. The van der Waals surface area contributed by atoms with E-state index in [1.807, 2.05) is 4.90 Å². The molecule has 18 heteroatoms. The molecule has 0 bridgehead atoms. The third-order valence-corrected chi connectivity index (χ3v) is 8.67. The predicted molar refractivity (Wildman–Crippen MR) is 168 cm³/mol. The minimum Gasteiger partial charge on any atom is -0.481 e. The van der Waals surface area contributed by atoms with Crippen molar-refractivity contribution in [3.63, 3.8) is 0 Å². The molecule has 5 rings (SSSR count). The van der Waals surface area contributed by atoms with E-state index in [2.05, 4.69) is 9.97 Å². The van der Waals surface area contributed by atoms with Gasteiger partial charge in [0.15, 0.2) is 0 Å². The van der Waals surface area contributed by atoms with Gasteiger partial charge in [-0.1, -0.05) is 6.92 Å². The number of amides is 1. The van der Waals surface area contributed by atoms with Crippen LogP contribution in [0.1, 0.15) is 78.1 Å². The molecule has 272 valence electrons. The van der Waals surface area contributed by atoms with Crippen molar-refractivity contribution in [3.05, 3.63) is 76.1 Å². The van der Waals surface area contributed by atoms with Gasteiger partial charge in [0.2, 0.25) is 0 Å². The number of aliphatic carboxylic acids is 1. The highest BCUT2D eigenvalue weighted by atomic mass is 19.4. The van der Waals surface area contributed by atoms with E-state index in [-0.39, 0.29) is 72.7 Å². The number of pyridine rings is 1. The zero-order chi connectivity index (χ0) is 37.1. The number of carboxylic acid groups (broad SMARTS) is 1. The van der Waals surface area contributed by atoms with Crippen molar-refractivity contribution in [1.82, 2.24) is 15.0 Å². The first kappa shape index (κ1) is 37.2. The van der Waals surface area contributed by atoms with Crippen molar-refractivity contribution in [2.24, 2.45) is 5.73 Å². The van der Waals surface area contributed by atoms with Crippen LogP contribution in [0.25, 0.3) is 0 Å². The van der Waals surface area contributed by atoms with Crippen LogP contribution in [0.15, 0.2) is 36.5 Å². The molecule has 4 heterocycles. The van der Waals surface area contributed by atoms with Gasteiger partial charge in [0.25, 0.3) is 0 Å². The average Bonchev–Trinajstić information content (AvgIpc) is 3.08. The summed E-state index contributed by atoms with van der Waals surface area (Å²) in [4.78, 5) is 40.3. The number of nitrogens with zero attached hydrogens (tertiary/aromatic N) is 6. The summed E-state index contributed by atoms with van der Waals surface area (Å²) in [7, 11) is 0. The van der Waals surface area contributed by atoms with Crippen LogP contribution in [0.4, 0.5) is 42.5 Å². The molecule has 2 aliphatic rings.